The van der Waals surface area contributed by atoms with Gasteiger partial charge in [-0.1, -0.05) is 72.8 Å². The molecule has 0 amide bonds. The zero-order valence-corrected chi connectivity index (χ0v) is 11.9. The van der Waals surface area contributed by atoms with E-state index >= 15 is 0 Å². The molecule has 0 saturated carbocycles. The number of rotatable bonds is 3. The van der Waals surface area contributed by atoms with Gasteiger partial charge in [-0.25, -0.2) is 0 Å². The minimum atomic E-state index is 0.0895. The number of hydrogen-bond donors (Lipinski definition) is 0. The molecule has 0 bridgehead atoms. The maximum absolute atomic E-state index is 12.0. The Morgan fingerprint density at radius 1 is 0.667 bits per heavy atom. The van der Waals surface area contributed by atoms with Crippen molar-refractivity contribution < 1.29 is 4.79 Å². The summed E-state index contributed by atoms with van der Waals surface area (Å²) in [5, 5.41) is 0. The monoisotopic (exact) mass is 272 g/mol. The molecule has 0 radical (unpaired) electrons. The quantitative estimate of drug-likeness (QED) is 0.597. The summed E-state index contributed by atoms with van der Waals surface area (Å²) < 4.78 is 0. The maximum atomic E-state index is 12.0. The summed E-state index contributed by atoms with van der Waals surface area (Å²) in [5.74, 6) is 0.0895. The number of ketones is 1. The van der Waals surface area contributed by atoms with E-state index in [9.17, 15) is 4.79 Å². The molecule has 3 rings (SSSR count). The van der Waals surface area contributed by atoms with E-state index in [1.807, 2.05) is 60.7 Å². The van der Waals surface area contributed by atoms with Crippen LogP contribution in [0.4, 0.5) is 0 Å². The van der Waals surface area contributed by atoms with Crippen molar-refractivity contribution in [2.75, 3.05) is 0 Å². The second-order valence-electron chi connectivity index (χ2n) is 5.05. The summed E-state index contributed by atoms with van der Waals surface area (Å²) in [6.45, 7) is 1.62. The predicted molar refractivity (Wildman–Crippen MR) is 87.3 cm³/mol. The predicted octanol–water partition coefficient (Wildman–Crippen LogP) is 5.22. The van der Waals surface area contributed by atoms with Crippen molar-refractivity contribution in [3.8, 4) is 22.3 Å². The molecule has 3 aromatic rings. The Bertz CT molecular complexity index is 758. The summed E-state index contributed by atoms with van der Waals surface area (Å²) in [4.78, 5) is 12.0. The summed E-state index contributed by atoms with van der Waals surface area (Å²) in [6.07, 6.45) is 0. The Labute approximate surface area is 124 Å². The van der Waals surface area contributed by atoms with Crippen molar-refractivity contribution in [2.24, 2.45) is 0 Å². The Hall–Kier alpha value is -2.67. The average molecular weight is 272 g/mol. The largest absolute Gasteiger partial charge is 0.294 e. The van der Waals surface area contributed by atoms with Gasteiger partial charge in [-0.05, 0) is 35.2 Å². The van der Waals surface area contributed by atoms with Crippen LogP contribution in [0.5, 0.6) is 0 Å². The van der Waals surface area contributed by atoms with Gasteiger partial charge in [0.05, 0.1) is 0 Å². The molecule has 0 aromatic heterocycles. The van der Waals surface area contributed by atoms with Crippen molar-refractivity contribution in [1.82, 2.24) is 0 Å². The number of benzene rings is 3. The average Bonchev–Trinajstić information content (AvgIpc) is 2.56. The summed E-state index contributed by atoms with van der Waals surface area (Å²) >= 11 is 0. The van der Waals surface area contributed by atoms with E-state index in [-0.39, 0.29) is 5.78 Å². The van der Waals surface area contributed by atoms with Crippen LogP contribution in [0.3, 0.4) is 0 Å². The molecule has 0 fully saturated rings. The van der Waals surface area contributed by atoms with Gasteiger partial charge in [-0.15, -0.1) is 0 Å². The second-order valence-corrected chi connectivity index (χ2v) is 5.05. The molecule has 0 atom stereocenters. The van der Waals surface area contributed by atoms with Gasteiger partial charge in [0, 0.05) is 5.56 Å². The minimum absolute atomic E-state index is 0.0895. The molecular weight excluding hydrogens is 256 g/mol. The molecule has 1 nitrogen and oxygen atoms in total. The fraction of sp³-hybridized carbons (Fsp3) is 0.0500. The van der Waals surface area contributed by atoms with Crippen molar-refractivity contribution in [3.63, 3.8) is 0 Å². The van der Waals surface area contributed by atoms with Crippen LogP contribution in [0.2, 0.25) is 0 Å². The molecule has 0 heterocycles. The molecule has 21 heavy (non-hydrogen) atoms. The van der Waals surface area contributed by atoms with E-state index in [4.69, 9.17) is 0 Å². The third kappa shape index (κ3) is 2.77. The molecule has 0 N–H and O–H groups in total. The van der Waals surface area contributed by atoms with E-state index in [0.29, 0.717) is 0 Å². The highest BCUT2D eigenvalue weighted by atomic mass is 16.1. The number of carbonyl (C=O) groups excluding carboxylic acids is 1. The molecule has 0 saturated heterocycles. The van der Waals surface area contributed by atoms with Gasteiger partial charge in [0.2, 0.25) is 0 Å². The lowest BCUT2D eigenvalue weighted by atomic mass is 9.93. The first-order valence-corrected chi connectivity index (χ1v) is 7.01. The lowest BCUT2D eigenvalue weighted by Gasteiger charge is -2.10. The fourth-order valence-corrected chi connectivity index (χ4v) is 2.52. The first-order valence-electron chi connectivity index (χ1n) is 7.01. The van der Waals surface area contributed by atoms with E-state index in [0.717, 1.165) is 27.8 Å². The van der Waals surface area contributed by atoms with E-state index in [2.05, 4.69) is 18.2 Å². The smallest absolute Gasteiger partial charge is 0.160 e. The number of hydrogen-bond acceptors (Lipinski definition) is 1. The summed E-state index contributed by atoms with van der Waals surface area (Å²) in [5.41, 5.74) is 5.02. The van der Waals surface area contributed by atoms with Crippen molar-refractivity contribution in [3.05, 3.63) is 84.4 Å². The Balaban J connectivity index is 2.14. The minimum Gasteiger partial charge on any atom is -0.294 e. The van der Waals surface area contributed by atoms with Crippen LogP contribution in [0.1, 0.15) is 17.3 Å². The van der Waals surface area contributed by atoms with Crippen molar-refractivity contribution >= 4 is 5.78 Å². The van der Waals surface area contributed by atoms with Gasteiger partial charge in [-0.3, -0.25) is 4.79 Å². The maximum Gasteiger partial charge on any atom is 0.160 e. The lowest BCUT2D eigenvalue weighted by molar-refractivity contribution is 0.101. The standard InChI is InChI=1S/C20H16O/c1-15(21)20-14-18(16-8-4-2-5-9-16)12-13-19(20)17-10-6-3-7-11-17/h2-14H,1H3. The third-order valence-electron chi connectivity index (χ3n) is 3.59. The Morgan fingerprint density at radius 3 is 1.81 bits per heavy atom. The van der Waals surface area contributed by atoms with Crippen LogP contribution in [-0.2, 0) is 0 Å². The van der Waals surface area contributed by atoms with Crippen molar-refractivity contribution in [2.45, 2.75) is 6.92 Å². The van der Waals surface area contributed by atoms with Crippen molar-refractivity contribution in [1.29, 1.82) is 0 Å². The van der Waals surface area contributed by atoms with E-state index < -0.39 is 0 Å². The van der Waals surface area contributed by atoms with E-state index in [1.165, 1.54) is 0 Å². The van der Waals surface area contributed by atoms with Gasteiger partial charge < -0.3 is 0 Å². The first-order chi connectivity index (χ1) is 10.3. The fourth-order valence-electron chi connectivity index (χ4n) is 2.52. The van der Waals surface area contributed by atoms with Gasteiger partial charge in [0.1, 0.15) is 0 Å². The molecule has 0 unspecified atom stereocenters. The van der Waals surface area contributed by atoms with Crippen LogP contribution in [0.15, 0.2) is 78.9 Å². The van der Waals surface area contributed by atoms with E-state index in [1.54, 1.807) is 6.92 Å². The highest BCUT2D eigenvalue weighted by Gasteiger charge is 2.10. The summed E-state index contributed by atoms with van der Waals surface area (Å²) in [7, 11) is 0. The Morgan fingerprint density at radius 2 is 1.24 bits per heavy atom. The first kappa shape index (κ1) is 13.3. The molecule has 1 heteroatoms. The molecule has 0 spiro atoms. The zero-order valence-electron chi connectivity index (χ0n) is 11.9. The normalized spacial score (nSPS) is 10.3. The zero-order chi connectivity index (χ0) is 14.7. The van der Waals surface area contributed by atoms with Crippen LogP contribution in [0.25, 0.3) is 22.3 Å². The SMILES string of the molecule is CC(=O)c1cc(-c2ccccc2)ccc1-c1ccccc1. The van der Waals surface area contributed by atoms with Crippen LogP contribution in [0, 0.1) is 0 Å². The topological polar surface area (TPSA) is 17.1 Å². The highest BCUT2D eigenvalue weighted by Crippen LogP contribution is 2.29. The highest BCUT2D eigenvalue weighted by molar-refractivity contribution is 6.02. The summed E-state index contributed by atoms with van der Waals surface area (Å²) in [6, 6.07) is 26.2. The number of carbonyl (C=O) groups is 1. The van der Waals surface area contributed by atoms with Gasteiger partial charge in [0.15, 0.2) is 5.78 Å². The Kier molecular flexibility index (Phi) is 3.65. The lowest BCUT2D eigenvalue weighted by Crippen LogP contribution is -1.97. The molecule has 0 aliphatic carbocycles. The van der Waals surface area contributed by atoms with Gasteiger partial charge >= 0.3 is 0 Å². The molecule has 0 aliphatic rings. The van der Waals surface area contributed by atoms with Crippen LogP contribution in [-0.4, -0.2) is 5.78 Å². The second kappa shape index (κ2) is 5.76. The molecule has 3 aromatic carbocycles. The molecule has 0 aliphatic heterocycles. The third-order valence-corrected chi connectivity index (χ3v) is 3.59. The number of Topliss-reactive ketones (excluding diaryl/α,β-unsaturated/α-hetero) is 1. The van der Waals surface area contributed by atoms with Crippen LogP contribution >= 0.6 is 0 Å². The molecule has 102 valence electrons. The van der Waals surface area contributed by atoms with Gasteiger partial charge in [0.25, 0.3) is 0 Å². The van der Waals surface area contributed by atoms with Gasteiger partial charge in [-0.2, -0.15) is 0 Å². The van der Waals surface area contributed by atoms with Crippen LogP contribution < -0.4 is 0 Å². The molecular formula is C20H16O.